The summed E-state index contributed by atoms with van der Waals surface area (Å²) >= 11 is 0. The van der Waals surface area contributed by atoms with Gasteiger partial charge in [0.1, 0.15) is 5.82 Å². The summed E-state index contributed by atoms with van der Waals surface area (Å²) in [6.45, 7) is 2.35. The number of anilines is 2. The lowest BCUT2D eigenvalue weighted by atomic mass is 10.1. The number of hydrogen-bond acceptors (Lipinski definition) is 3. The highest BCUT2D eigenvalue weighted by atomic mass is 15.2. The molecular weight excluding hydrogens is 246 g/mol. The molecule has 4 rings (SSSR count). The Morgan fingerprint density at radius 3 is 2.25 bits per heavy atom. The minimum Gasteiger partial charge on any atom is -0.381 e. The van der Waals surface area contributed by atoms with Gasteiger partial charge < -0.3 is 10.2 Å². The molecule has 1 aliphatic heterocycles. The Labute approximate surface area is 121 Å². The molecule has 0 bridgehead atoms. The summed E-state index contributed by atoms with van der Waals surface area (Å²) in [5.74, 6) is 3.03. The van der Waals surface area contributed by atoms with Gasteiger partial charge in [-0.1, -0.05) is 0 Å². The van der Waals surface area contributed by atoms with E-state index in [-0.39, 0.29) is 0 Å². The van der Waals surface area contributed by atoms with Crippen molar-refractivity contribution in [3.8, 4) is 0 Å². The Kier molecular flexibility index (Phi) is 3.29. The number of nitrogens with one attached hydrogen (secondary N) is 1. The Morgan fingerprint density at radius 1 is 1.00 bits per heavy atom. The molecule has 1 N–H and O–H groups in total. The van der Waals surface area contributed by atoms with Gasteiger partial charge in [0, 0.05) is 19.1 Å². The zero-order valence-electron chi connectivity index (χ0n) is 12.2. The smallest absolute Gasteiger partial charge is 0.128 e. The highest BCUT2D eigenvalue weighted by Crippen LogP contribution is 2.45. The number of pyridine rings is 1. The summed E-state index contributed by atoms with van der Waals surface area (Å²) in [6, 6.07) is 5.15. The van der Waals surface area contributed by atoms with Crippen LogP contribution in [0, 0.1) is 11.8 Å². The van der Waals surface area contributed by atoms with Crippen LogP contribution in [0.3, 0.4) is 0 Å². The first-order chi connectivity index (χ1) is 9.90. The third-order valence-corrected chi connectivity index (χ3v) is 5.02. The van der Waals surface area contributed by atoms with Crippen LogP contribution >= 0.6 is 0 Å². The summed E-state index contributed by atoms with van der Waals surface area (Å²) in [5.41, 5.74) is 1.22. The summed E-state index contributed by atoms with van der Waals surface area (Å²) in [7, 11) is 0. The minimum absolute atomic E-state index is 0.720. The summed E-state index contributed by atoms with van der Waals surface area (Å²) in [6.07, 6.45) is 11.7. The van der Waals surface area contributed by atoms with Crippen molar-refractivity contribution in [1.29, 1.82) is 0 Å². The van der Waals surface area contributed by atoms with E-state index in [2.05, 4.69) is 27.3 Å². The van der Waals surface area contributed by atoms with Crippen molar-refractivity contribution in [2.45, 2.75) is 51.0 Å². The quantitative estimate of drug-likeness (QED) is 0.885. The van der Waals surface area contributed by atoms with E-state index in [1.165, 1.54) is 63.7 Å². The third-order valence-electron chi connectivity index (χ3n) is 5.02. The van der Waals surface area contributed by atoms with Crippen LogP contribution in [0.15, 0.2) is 18.3 Å². The molecule has 2 aliphatic carbocycles. The normalized spacial score (nSPS) is 23.1. The molecule has 0 amide bonds. The van der Waals surface area contributed by atoms with E-state index in [9.17, 15) is 0 Å². The van der Waals surface area contributed by atoms with Crippen LogP contribution in [-0.4, -0.2) is 24.1 Å². The molecule has 3 heteroatoms. The van der Waals surface area contributed by atoms with E-state index < -0.39 is 0 Å². The first kappa shape index (κ1) is 12.5. The van der Waals surface area contributed by atoms with Crippen molar-refractivity contribution < 1.29 is 0 Å². The molecule has 3 aliphatic rings. The van der Waals surface area contributed by atoms with Gasteiger partial charge in [-0.3, -0.25) is 0 Å². The summed E-state index contributed by atoms with van der Waals surface area (Å²) in [4.78, 5) is 7.10. The lowest BCUT2D eigenvalue weighted by Crippen LogP contribution is -2.30. The highest BCUT2D eigenvalue weighted by molar-refractivity contribution is 5.49. The molecule has 0 atom stereocenters. The topological polar surface area (TPSA) is 28.2 Å². The fourth-order valence-corrected chi connectivity index (χ4v) is 3.51. The molecule has 1 aromatic heterocycles. The molecule has 1 aromatic rings. The maximum atomic E-state index is 4.68. The number of piperidine rings is 1. The van der Waals surface area contributed by atoms with Gasteiger partial charge in [-0.05, 0) is 68.9 Å². The van der Waals surface area contributed by atoms with Crippen LogP contribution in [0.2, 0.25) is 0 Å². The third kappa shape index (κ3) is 2.77. The maximum absolute atomic E-state index is 4.68. The Morgan fingerprint density at radius 2 is 1.70 bits per heavy atom. The van der Waals surface area contributed by atoms with E-state index in [0.717, 1.165) is 23.7 Å². The first-order valence-corrected chi connectivity index (χ1v) is 8.38. The molecule has 3 nitrogen and oxygen atoms in total. The van der Waals surface area contributed by atoms with Crippen molar-refractivity contribution in [3.05, 3.63) is 18.3 Å². The predicted molar refractivity (Wildman–Crippen MR) is 83.2 cm³/mol. The van der Waals surface area contributed by atoms with E-state index in [4.69, 9.17) is 0 Å². The number of rotatable bonds is 5. The molecule has 108 valence electrons. The molecule has 2 saturated carbocycles. The summed E-state index contributed by atoms with van der Waals surface area (Å²) in [5, 5.41) is 3.75. The zero-order chi connectivity index (χ0) is 13.4. The van der Waals surface area contributed by atoms with Gasteiger partial charge in [0.25, 0.3) is 0 Å². The number of aromatic nitrogens is 1. The van der Waals surface area contributed by atoms with Crippen LogP contribution in [0.25, 0.3) is 0 Å². The maximum Gasteiger partial charge on any atom is 0.128 e. The zero-order valence-corrected chi connectivity index (χ0v) is 12.2. The van der Waals surface area contributed by atoms with Gasteiger partial charge in [0.05, 0.1) is 11.9 Å². The molecular formula is C17H25N3. The number of hydrogen-bond donors (Lipinski definition) is 1. The minimum atomic E-state index is 0.720. The molecule has 0 radical (unpaired) electrons. The van der Waals surface area contributed by atoms with Crippen molar-refractivity contribution in [3.63, 3.8) is 0 Å². The van der Waals surface area contributed by atoms with Crippen molar-refractivity contribution in [2.75, 3.05) is 23.3 Å². The van der Waals surface area contributed by atoms with Crippen molar-refractivity contribution >= 4 is 11.5 Å². The van der Waals surface area contributed by atoms with Gasteiger partial charge in [-0.2, -0.15) is 0 Å². The van der Waals surface area contributed by atoms with Crippen molar-refractivity contribution in [1.82, 2.24) is 4.98 Å². The summed E-state index contributed by atoms with van der Waals surface area (Å²) < 4.78 is 0. The van der Waals surface area contributed by atoms with E-state index in [1.54, 1.807) is 0 Å². The van der Waals surface area contributed by atoms with Crippen LogP contribution in [-0.2, 0) is 0 Å². The van der Waals surface area contributed by atoms with Crippen LogP contribution in [0.4, 0.5) is 11.5 Å². The molecule has 0 aromatic carbocycles. The predicted octanol–water partition coefficient (Wildman–Crippen LogP) is 3.67. The van der Waals surface area contributed by atoms with E-state index in [0.29, 0.717) is 0 Å². The Bertz CT molecular complexity index is 430. The van der Waals surface area contributed by atoms with E-state index in [1.807, 2.05) is 6.20 Å². The number of nitrogens with zero attached hydrogens (tertiary/aromatic N) is 2. The van der Waals surface area contributed by atoms with Crippen LogP contribution in [0.1, 0.15) is 44.9 Å². The average molecular weight is 271 g/mol. The molecule has 2 heterocycles. The average Bonchev–Trinajstić information content (AvgIpc) is 3.40. The van der Waals surface area contributed by atoms with Gasteiger partial charge in [0.2, 0.25) is 0 Å². The van der Waals surface area contributed by atoms with E-state index >= 15 is 0 Å². The fourth-order valence-electron chi connectivity index (χ4n) is 3.51. The molecule has 0 unspecified atom stereocenters. The van der Waals surface area contributed by atoms with Gasteiger partial charge in [-0.25, -0.2) is 4.98 Å². The van der Waals surface area contributed by atoms with Gasteiger partial charge in [-0.15, -0.1) is 0 Å². The molecule has 0 spiro atoms. The van der Waals surface area contributed by atoms with Gasteiger partial charge in [0.15, 0.2) is 0 Å². The first-order valence-electron chi connectivity index (χ1n) is 8.38. The standard InChI is InChI=1S/C17H25N3/c1-2-10-20(11-3-1)16-9-8-15(12-18-16)19-17(13-4-5-13)14-6-7-14/h8-9,12-14,17,19H,1-7,10-11H2. The van der Waals surface area contributed by atoms with Crippen LogP contribution in [0.5, 0.6) is 0 Å². The molecule has 20 heavy (non-hydrogen) atoms. The SMILES string of the molecule is c1cc(N2CCCCC2)ncc1NC(C1CC1)C1CC1. The Hall–Kier alpha value is -1.25. The lowest BCUT2D eigenvalue weighted by molar-refractivity contribution is 0.566. The molecule has 1 saturated heterocycles. The van der Waals surface area contributed by atoms with Crippen LogP contribution < -0.4 is 10.2 Å². The highest BCUT2D eigenvalue weighted by Gasteiger charge is 2.41. The van der Waals surface area contributed by atoms with Crippen molar-refractivity contribution in [2.24, 2.45) is 11.8 Å². The monoisotopic (exact) mass is 271 g/mol. The largest absolute Gasteiger partial charge is 0.381 e. The molecule has 3 fully saturated rings. The Balaban J connectivity index is 1.41. The van der Waals surface area contributed by atoms with Gasteiger partial charge >= 0.3 is 0 Å². The second-order valence-electron chi connectivity index (χ2n) is 6.80. The second kappa shape index (κ2) is 5.27. The lowest BCUT2D eigenvalue weighted by Gasteiger charge is -2.28. The fraction of sp³-hybridized carbons (Fsp3) is 0.706. The second-order valence-corrected chi connectivity index (χ2v) is 6.80.